The van der Waals surface area contributed by atoms with Gasteiger partial charge in [-0.1, -0.05) is 24.4 Å². The van der Waals surface area contributed by atoms with Gasteiger partial charge in [0.15, 0.2) is 0 Å². The molecular weight excluding hydrogens is 312 g/mol. The van der Waals surface area contributed by atoms with E-state index in [1.54, 1.807) is 18.9 Å². The number of nitrogens with two attached hydrogens (primary N) is 1. The molecule has 2 N–H and O–H groups in total. The quantitative estimate of drug-likeness (QED) is 0.923. The van der Waals surface area contributed by atoms with Crippen molar-refractivity contribution >= 4 is 27.5 Å². The maximum atomic E-state index is 12.5. The minimum Gasteiger partial charge on any atom is -0.339 e. The highest BCUT2D eigenvalue weighted by atomic mass is 35.5. The van der Waals surface area contributed by atoms with Crippen molar-refractivity contribution in [1.29, 1.82) is 0 Å². The van der Waals surface area contributed by atoms with Gasteiger partial charge in [-0.05, 0) is 37.5 Å². The van der Waals surface area contributed by atoms with Gasteiger partial charge in [0.2, 0.25) is 10.0 Å². The molecule has 0 atom stereocenters. The Balaban J connectivity index is 2.40. The van der Waals surface area contributed by atoms with E-state index >= 15 is 0 Å². The number of primary sulfonamides is 1. The van der Waals surface area contributed by atoms with Crippen LogP contribution >= 0.6 is 11.6 Å². The average molecular weight is 331 g/mol. The van der Waals surface area contributed by atoms with Crippen LogP contribution in [0, 0.1) is 6.92 Å². The van der Waals surface area contributed by atoms with Crippen molar-refractivity contribution in [3.05, 3.63) is 28.3 Å². The van der Waals surface area contributed by atoms with E-state index in [2.05, 4.69) is 0 Å². The van der Waals surface area contributed by atoms with Crippen molar-refractivity contribution in [2.24, 2.45) is 5.14 Å². The molecule has 0 spiro atoms. The molecule has 1 amide bonds. The zero-order chi connectivity index (χ0) is 15.8. The Morgan fingerprint density at radius 1 is 1.33 bits per heavy atom. The highest BCUT2D eigenvalue weighted by Gasteiger charge is 2.26. The van der Waals surface area contributed by atoms with Crippen LogP contribution in [-0.4, -0.2) is 32.3 Å². The normalized spacial score (nSPS) is 16.2. The third kappa shape index (κ3) is 3.39. The van der Waals surface area contributed by atoms with E-state index in [-0.39, 0.29) is 27.4 Å². The van der Waals surface area contributed by atoms with Crippen LogP contribution in [0.25, 0.3) is 0 Å². The van der Waals surface area contributed by atoms with Gasteiger partial charge in [-0.2, -0.15) is 0 Å². The van der Waals surface area contributed by atoms with Gasteiger partial charge in [0.1, 0.15) is 0 Å². The molecule has 1 fully saturated rings. The van der Waals surface area contributed by atoms with E-state index < -0.39 is 10.0 Å². The molecule has 0 aliphatic heterocycles. The van der Waals surface area contributed by atoms with Crippen molar-refractivity contribution in [1.82, 2.24) is 4.90 Å². The van der Waals surface area contributed by atoms with E-state index in [9.17, 15) is 13.2 Å². The fourth-order valence-corrected chi connectivity index (χ4v) is 3.84. The summed E-state index contributed by atoms with van der Waals surface area (Å²) in [4.78, 5) is 14.1. The molecule has 0 saturated heterocycles. The lowest BCUT2D eigenvalue weighted by atomic mass is 10.1. The Hall–Kier alpha value is -1.11. The van der Waals surface area contributed by atoms with Crippen LogP contribution < -0.4 is 5.14 Å². The molecule has 1 aromatic rings. The number of halogens is 1. The predicted octanol–water partition coefficient (Wildman–Crippen LogP) is 2.31. The standard InChI is InChI=1S/C14H19ClN2O3S/c1-9-12(15)7-10(8-13(9)21(16,19)20)14(18)17(2)11-5-3-4-6-11/h7-8,11H,3-6H2,1-2H3,(H2,16,19,20). The first-order valence-corrected chi connectivity index (χ1v) is 8.74. The van der Waals surface area contributed by atoms with Crippen molar-refractivity contribution in [2.45, 2.75) is 43.5 Å². The van der Waals surface area contributed by atoms with Gasteiger partial charge in [0.25, 0.3) is 5.91 Å². The molecule has 5 nitrogen and oxygen atoms in total. The first kappa shape index (κ1) is 16.3. The molecule has 116 valence electrons. The van der Waals surface area contributed by atoms with E-state index in [0.29, 0.717) is 5.56 Å². The van der Waals surface area contributed by atoms with Crippen LogP contribution in [0.3, 0.4) is 0 Å². The van der Waals surface area contributed by atoms with E-state index in [0.717, 1.165) is 25.7 Å². The number of hydrogen-bond donors (Lipinski definition) is 1. The molecule has 0 bridgehead atoms. The zero-order valence-electron chi connectivity index (χ0n) is 12.1. The van der Waals surface area contributed by atoms with Gasteiger partial charge < -0.3 is 4.90 Å². The first-order valence-electron chi connectivity index (χ1n) is 6.82. The van der Waals surface area contributed by atoms with Gasteiger partial charge in [0, 0.05) is 23.7 Å². The summed E-state index contributed by atoms with van der Waals surface area (Å²) in [6.45, 7) is 1.57. The number of rotatable bonds is 3. The molecule has 2 rings (SSSR count). The molecule has 0 unspecified atom stereocenters. The first-order chi connectivity index (χ1) is 9.71. The number of nitrogens with zero attached hydrogens (tertiary/aromatic N) is 1. The molecule has 1 aliphatic carbocycles. The summed E-state index contributed by atoms with van der Waals surface area (Å²) < 4.78 is 23.2. The summed E-state index contributed by atoms with van der Waals surface area (Å²) in [6, 6.07) is 3.01. The molecule has 1 saturated carbocycles. The van der Waals surface area contributed by atoms with Crippen LogP contribution in [0.4, 0.5) is 0 Å². The van der Waals surface area contributed by atoms with E-state index in [1.165, 1.54) is 12.1 Å². The lowest BCUT2D eigenvalue weighted by molar-refractivity contribution is 0.0735. The SMILES string of the molecule is Cc1c(Cl)cc(C(=O)N(C)C2CCCC2)cc1S(N)(=O)=O. The number of carbonyl (C=O) groups is 1. The fraction of sp³-hybridized carbons (Fsp3) is 0.500. The molecule has 7 heteroatoms. The van der Waals surface area contributed by atoms with Crippen molar-refractivity contribution in [2.75, 3.05) is 7.05 Å². The monoisotopic (exact) mass is 330 g/mol. The van der Waals surface area contributed by atoms with Gasteiger partial charge in [-0.3, -0.25) is 4.79 Å². The van der Waals surface area contributed by atoms with E-state index in [4.69, 9.17) is 16.7 Å². The van der Waals surface area contributed by atoms with Crippen molar-refractivity contribution in [3.63, 3.8) is 0 Å². The molecular formula is C14H19ClN2O3S. The van der Waals surface area contributed by atoms with Crippen LogP contribution in [-0.2, 0) is 10.0 Å². The minimum absolute atomic E-state index is 0.0989. The maximum Gasteiger partial charge on any atom is 0.253 e. The molecule has 21 heavy (non-hydrogen) atoms. The highest BCUT2D eigenvalue weighted by Crippen LogP contribution is 2.27. The van der Waals surface area contributed by atoms with Crippen LogP contribution in [0.1, 0.15) is 41.6 Å². The van der Waals surface area contributed by atoms with Gasteiger partial charge in [-0.25, -0.2) is 13.6 Å². The lowest BCUT2D eigenvalue weighted by Crippen LogP contribution is -2.35. The Morgan fingerprint density at radius 2 is 1.90 bits per heavy atom. The Morgan fingerprint density at radius 3 is 2.43 bits per heavy atom. The summed E-state index contributed by atoms with van der Waals surface area (Å²) in [5, 5.41) is 5.41. The second kappa shape index (κ2) is 5.94. The largest absolute Gasteiger partial charge is 0.339 e. The number of sulfonamides is 1. The highest BCUT2D eigenvalue weighted by molar-refractivity contribution is 7.89. The van der Waals surface area contributed by atoms with Gasteiger partial charge >= 0.3 is 0 Å². The second-order valence-corrected chi connectivity index (χ2v) is 7.42. The van der Waals surface area contributed by atoms with E-state index in [1.807, 2.05) is 0 Å². The van der Waals surface area contributed by atoms with Crippen LogP contribution in [0.2, 0.25) is 5.02 Å². The van der Waals surface area contributed by atoms with Gasteiger partial charge in [0.05, 0.1) is 4.90 Å². The molecule has 1 aliphatic rings. The Bertz CT molecular complexity index is 667. The smallest absolute Gasteiger partial charge is 0.253 e. The molecule has 0 aromatic heterocycles. The number of benzene rings is 1. The molecule has 0 radical (unpaired) electrons. The Kier molecular flexibility index (Phi) is 4.60. The molecule has 1 aromatic carbocycles. The summed E-state index contributed by atoms with van der Waals surface area (Å²) >= 11 is 6.04. The number of amides is 1. The van der Waals surface area contributed by atoms with Crippen LogP contribution in [0.15, 0.2) is 17.0 Å². The predicted molar refractivity (Wildman–Crippen MR) is 81.9 cm³/mol. The average Bonchev–Trinajstić information content (AvgIpc) is 2.92. The third-order valence-corrected chi connectivity index (χ3v) is 5.47. The minimum atomic E-state index is -3.91. The summed E-state index contributed by atoms with van der Waals surface area (Å²) in [7, 11) is -2.17. The number of carbonyl (C=O) groups excluding carboxylic acids is 1. The van der Waals surface area contributed by atoms with Crippen molar-refractivity contribution in [3.8, 4) is 0 Å². The Labute approximate surface area is 130 Å². The topological polar surface area (TPSA) is 80.5 Å². The maximum absolute atomic E-state index is 12.5. The van der Waals surface area contributed by atoms with Crippen LogP contribution in [0.5, 0.6) is 0 Å². The second-order valence-electron chi connectivity index (χ2n) is 5.48. The zero-order valence-corrected chi connectivity index (χ0v) is 13.7. The summed E-state index contributed by atoms with van der Waals surface area (Å²) in [5.74, 6) is -0.228. The summed E-state index contributed by atoms with van der Waals surface area (Å²) in [5.41, 5.74) is 0.614. The summed E-state index contributed by atoms with van der Waals surface area (Å²) in [6.07, 6.45) is 4.17. The molecule has 0 heterocycles. The van der Waals surface area contributed by atoms with Gasteiger partial charge in [-0.15, -0.1) is 0 Å². The van der Waals surface area contributed by atoms with Crippen molar-refractivity contribution < 1.29 is 13.2 Å². The fourth-order valence-electron chi connectivity index (χ4n) is 2.73. The lowest BCUT2D eigenvalue weighted by Gasteiger charge is -2.24. The third-order valence-electron chi connectivity index (χ3n) is 4.04. The number of hydrogen-bond acceptors (Lipinski definition) is 3.